The zero-order valence-electron chi connectivity index (χ0n) is 10.3. The fraction of sp³-hybridized carbons (Fsp3) is 0.538. The van der Waals surface area contributed by atoms with Gasteiger partial charge in [0.25, 0.3) is 0 Å². The van der Waals surface area contributed by atoms with Crippen LogP contribution >= 0.6 is 0 Å². The average Bonchev–Trinajstić information content (AvgIpc) is 2.30. The number of aliphatic hydroxyl groups excluding tert-OH is 1. The lowest BCUT2D eigenvalue weighted by Crippen LogP contribution is -2.41. The summed E-state index contributed by atoms with van der Waals surface area (Å²) in [7, 11) is 0. The molecule has 0 saturated carbocycles. The minimum Gasteiger partial charge on any atom is -0.486 e. The van der Waals surface area contributed by atoms with Gasteiger partial charge in [0.1, 0.15) is 17.7 Å². The lowest BCUT2D eigenvalue weighted by molar-refractivity contribution is 0.0907. The molecule has 1 rings (SSSR count). The van der Waals surface area contributed by atoms with E-state index in [-0.39, 0.29) is 18.5 Å². The van der Waals surface area contributed by atoms with Gasteiger partial charge in [0.15, 0.2) is 0 Å². The van der Waals surface area contributed by atoms with E-state index < -0.39 is 6.10 Å². The average molecular weight is 241 g/mol. The molecule has 1 aromatic carbocycles. The molecule has 0 fully saturated rings. The van der Waals surface area contributed by atoms with Crippen LogP contribution in [0.2, 0.25) is 0 Å². The Hall–Kier alpha value is -1.13. The molecule has 0 amide bonds. The molecule has 2 atom stereocenters. The highest BCUT2D eigenvalue weighted by Crippen LogP contribution is 2.21. The van der Waals surface area contributed by atoms with E-state index >= 15 is 0 Å². The van der Waals surface area contributed by atoms with Crippen molar-refractivity contribution in [1.82, 2.24) is 0 Å². The summed E-state index contributed by atoms with van der Waals surface area (Å²) in [6.07, 6.45) is 1.19. The topological polar surface area (TPSA) is 55.5 Å². The molecule has 0 saturated heterocycles. The molecule has 0 aliphatic heterocycles. The van der Waals surface area contributed by atoms with Crippen molar-refractivity contribution in [2.45, 2.75) is 38.8 Å². The number of rotatable bonds is 6. The van der Waals surface area contributed by atoms with Gasteiger partial charge in [-0.05, 0) is 25.0 Å². The van der Waals surface area contributed by atoms with Crippen molar-refractivity contribution >= 4 is 0 Å². The molecule has 3 nitrogen and oxygen atoms in total. The number of halogens is 1. The van der Waals surface area contributed by atoms with Gasteiger partial charge in [0.05, 0.1) is 6.61 Å². The Morgan fingerprint density at radius 3 is 2.76 bits per heavy atom. The number of ether oxygens (including phenoxy) is 1. The zero-order chi connectivity index (χ0) is 12.8. The Balaban J connectivity index is 2.76. The highest BCUT2D eigenvalue weighted by Gasteiger charge is 2.19. The van der Waals surface area contributed by atoms with Gasteiger partial charge in [-0.15, -0.1) is 0 Å². The molecule has 17 heavy (non-hydrogen) atoms. The van der Waals surface area contributed by atoms with Crippen LogP contribution in [0.5, 0.6) is 5.75 Å². The summed E-state index contributed by atoms with van der Waals surface area (Å²) in [5.41, 5.74) is 6.72. The van der Waals surface area contributed by atoms with Crippen LogP contribution in [0.15, 0.2) is 18.2 Å². The summed E-state index contributed by atoms with van der Waals surface area (Å²) >= 11 is 0. The second kappa shape index (κ2) is 6.57. The van der Waals surface area contributed by atoms with Gasteiger partial charge in [-0.25, -0.2) is 4.39 Å². The Labute approximate surface area is 101 Å². The third kappa shape index (κ3) is 3.98. The van der Waals surface area contributed by atoms with Crippen molar-refractivity contribution in [1.29, 1.82) is 0 Å². The normalized spacial score (nSPS) is 14.4. The van der Waals surface area contributed by atoms with E-state index in [1.54, 1.807) is 6.07 Å². The van der Waals surface area contributed by atoms with Crippen LogP contribution in [-0.4, -0.2) is 23.9 Å². The molecule has 0 spiro atoms. The van der Waals surface area contributed by atoms with Crippen molar-refractivity contribution < 1.29 is 14.2 Å². The monoisotopic (exact) mass is 241 g/mol. The first-order valence-corrected chi connectivity index (χ1v) is 5.87. The standard InChI is InChI=1S/C13H20FNO2/c1-3-4-11(15)13(8-16)17-12-7-10(14)6-5-9(12)2/h5-7,11,13,16H,3-4,8,15H2,1-2H3. The molecular weight excluding hydrogens is 221 g/mol. The summed E-state index contributed by atoms with van der Waals surface area (Å²) in [6, 6.07) is 4.09. The summed E-state index contributed by atoms with van der Waals surface area (Å²) < 4.78 is 18.7. The minimum atomic E-state index is -0.490. The Morgan fingerprint density at radius 2 is 2.18 bits per heavy atom. The van der Waals surface area contributed by atoms with Gasteiger partial charge in [0.2, 0.25) is 0 Å². The van der Waals surface area contributed by atoms with E-state index in [2.05, 4.69) is 0 Å². The molecule has 0 aliphatic carbocycles. The molecule has 0 radical (unpaired) electrons. The largest absolute Gasteiger partial charge is 0.486 e. The third-order valence-corrected chi connectivity index (χ3v) is 2.71. The maximum Gasteiger partial charge on any atom is 0.137 e. The third-order valence-electron chi connectivity index (χ3n) is 2.71. The predicted molar refractivity (Wildman–Crippen MR) is 65.5 cm³/mol. The van der Waals surface area contributed by atoms with E-state index in [1.165, 1.54) is 12.1 Å². The lowest BCUT2D eigenvalue weighted by atomic mass is 10.1. The van der Waals surface area contributed by atoms with E-state index in [1.807, 2.05) is 13.8 Å². The minimum absolute atomic E-state index is 0.170. The van der Waals surface area contributed by atoms with Crippen LogP contribution in [-0.2, 0) is 0 Å². The molecule has 1 aromatic rings. The summed E-state index contributed by atoms with van der Waals surface area (Å²) in [6.45, 7) is 3.67. The number of hydrogen-bond acceptors (Lipinski definition) is 3. The molecule has 0 bridgehead atoms. The van der Waals surface area contributed by atoms with Crippen molar-refractivity contribution in [3.8, 4) is 5.75 Å². The van der Waals surface area contributed by atoms with Gasteiger partial charge in [0, 0.05) is 12.1 Å². The number of aliphatic hydroxyl groups is 1. The van der Waals surface area contributed by atoms with Crippen molar-refractivity contribution in [3.05, 3.63) is 29.6 Å². The van der Waals surface area contributed by atoms with Crippen LogP contribution in [0.25, 0.3) is 0 Å². The lowest BCUT2D eigenvalue weighted by Gasteiger charge is -2.23. The van der Waals surface area contributed by atoms with E-state index in [0.29, 0.717) is 5.75 Å². The molecule has 3 N–H and O–H groups in total. The molecular formula is C13H20FNO2. The van der Waals surface area contributed by atoms with Crippen LogP contribution in [0.1, 0.15) is 25.3 Å². The number of hydrogen-bond donors (Lipinski definition) is 2. The van der Waals surface area contributed by atoms with Crippen molar-refractivity contribution in [2.24, 2.45) is 5.73 Å². The molecule has 96 valence electrons. The summed E-state index contributed by atoms with van der Waals surface area (Å²) in [4.78, 5) is 0. The molecule has 2 unspecified atom stereocenters. The smallest absolute Gasteiger partial charge is 0.137 e. The first kappa shape index (κ1) is 13.9. The Kier molecular flexibility index (Phi) is 5.38. The Morgan fingerprint density at radius 1 is 1.47 bits per heavy atom. The second-order valence-electron chi connectivity index (χ2n) is 4.20. The maximum absolute atomic E-state index is 13.1. The van der Waals surface area contributed by atoms with Gasteiger partial charge in [-0.2, -0.15) is 0 Å². The van der Waals surface area contributed by atoms with Crippen molar-refractivity contribution in [2.75, 3.05) is 6.61 Å². The molecule has 4 heteroatoms. The zero-order valence-corrected chi connectivity index (χ0v) is 10.3. The molecule has 0 heterocycles. The highest BCUT2D eigenvalue weighted by atomic mass is 19.1. The fourth-order valence-corrected chi connectivity index (χ4v) is 1.64. The number of benzene rings is 1. The number of nitrogens with two attached hydrogens (primary N) is 1. The molecule has 0 aliphatic rings. The van der Waals surface area contributed by atoms with Crippen LogP contribution in [0, 0.1) is 12.7 Å². The van der Waals surface area contributed by atoms with Gasteiger partial charge in [-0.3, -0.25) is 0 Å². The quantitative estimate of drug-likeness (QED) is 0.801. The van der Waals surface area contributed by atoms with Crippen LogP contribution < -0.4 is 10.5 Å². The van der Waals surface area contributed by atoms with Gasteiger partial charge >= 0.3 is 0 Å². The second-order valence-corrected chi connectivity index (χ2v) is 4.20. The number of aryl methyl sites for hydroxylation is 1. The Bertz CT molecular complexity index is 357. The van der Waals surface area contributed by atoms with E-state index in [9.17, 15) is 9.50 Å². The maximum atomic E-state index is 13.1. The van der Waals surface area contributed by atoms with Crippen LogP contribution in [0.3, 0.4) is 0 Å². The highest BCUT2D eigenvalue weighted by molar-refractivity contribution is 5.32. The van der Waals surface area contributed by atoms with Gasteiger partial charge in [-0.1, -0.05) is 19.4 Å². The van der Waals surface area contributed by atoms with Crippen LogP contribution in [0.4, 0.5) is 4.39 Å². The SMILES string of the molecule is CCCC(N)C(CO)Oc1cc(F)ccc1C. The van der Waals surface area contributed by atoms with Gasteiger partial charge < -0.3 is 15.6 Å². The predicted octanol–water partition coefficient (Wildman–Crippen LogP) is 2.00. The van der Waals surface area contributed by atoms with E-state index in [4.69, 9.17) is 10.5 Å². The first-order chi connectivity index (χ1) is 8.08. The summed E-state index contributed by atoms with van der Waals surface area (Å²) in [5.74, 6) is 0.0851. The fourth-order valence-electron chi connectivity index (χ4n) is 1.64. The summed E-state index contributed by atoms with van der Waals surface area (Å²) in [5, 5.41) is 9.25. The molecule has 0 aromatic heterocycles. The van der Waals surface area contributed by atoms with E-state index in [0.717, 1.165) is 18.4 Å². The van der Waals surface area contributed by atoms with Crippen molar-refractivity contribution in [3.63, 3.8) is 0 Å². The first-order valence-electron chi connectivity index (χ1n) is 5.87.